The number of nitrogens with zero attached hydrogens (tertiary/aromatic N) is 2. The van der Waals surface area contributed by atoms with E-state index in [0.717, 1.165) is 22.7 Å². The van der Waals surface area contributed by atoms with E-state index in [4.69, 9.17) is 9.47 Å². The zero-order valence-electron chi connectivity index (χ0n) is 15.9. The van der Waals surface area contributed by atoms with Gasteiger partial charge in [0.15, 0.2) is 0 Å². The van der Waals surface area contributed by atoms with E-state index in [0.29, 0.717) is 11.3 Å². The van der Waals surface area contributed by atoms with Gasteiger partial charge in [-0.2, -0.15) is 0 Å². The third-order valence-corrected chi connectivity index (χ3v) is 4.49. The van der Waals surface area contributed by atoms with Gasteiger partial charge in [0, 0.05) is 25.0 Å². The molecule has 1 atom stereocenters. The highest BCUT2D eigenvalue weighted by molar-refractivity contribution is 5.95. The summed E-state index contributed by atoms with van der Waals surface area (Å²) in [5, 5.41) is 3.08. The van der Waals surface area contributed by atoms with Crippen molar-refractivity contribution in [3.8, 4) is 11.5 Å². The van der Waals surface area contributed by atoms with Crippen LogP contribution in [-0.4, -0.2) is 29.7 Å². The average Bonchev–Trinajstić information content (AvgIpc) is 3.11. The van der Waals surface area contributed by atoms with Gasteiger partial charge in [-0.25, -0.2) is 4.98 Å². The van der Waals surface area contributed by atoms with Crippen LogP contribution in [0.4, 0.5) is 0 Å². The van der Waals surface area contributed by atoms with Gasteiger partial charge in [-0.15, -0.1) is 0 Å². The quantitative estimate of drug-likeness (QED) is 0.728. The van der Waals surface area contributed by atoms with Crippen molar-refractivity contribution < 1.29 is 14.3 Å². The maximum Gasteiger partial charge on any atom is 0.252 e. The van der Waals surface area contributed by atoms with Crippen molar-refractivity contribution in [2.75, 3.05) is 14.2 Å². The summed E-state index contributed by atoms with van der Waals surface area (Å²) in [5.41, 5.74) is 2.39. The van der Waals surface area contributed by atoms with E-state index in [1.807, 2.05) is 55.1 Å². The molecule has 0 aliphatic carbocycles. The largest absolute Gasteiger partial charge is 0.497 e. The summed E-state index contributed by atoms with van der Waals surface area (Å²) in [6, 6.07) is 12.6. The molecule has 0 saturated carbocycles. The normalized spacial score (nSPS) is 11.7. The van der Waals surface area contributed by atoms with Crippen molar-refractivity contribution in [2.45, 2.75) is 13.0 Å². The predicted octanol–water partition coefficient (Wildman–Crippen LogP) is 3.27. The fourth-order valence-electron chi connectivity index (χ4n) is 2.95. The minimum atomic E-state index is -0.417. The number of nitrogens with one attached hydrogen (secondary N) is 1. The molecule has 1 N–H and O–H groups in total. The van der Waals surface area contributed by atoms with Gasteiger partial charge in [0.25, 0.3) is 5.91 Å². The maximum atomic E-state index is 12.9. The average molecular weight is 365 g/mol. The Morgan fingerprint density at radius 3 is 2.63 bits per heavy atom. The van der Waals surface area contributed by atoms with E-state index in [1.54, 1.807) is 32.5 Å². The van der Waals surface area contributed by atoms with Gasteiger partial charge in [-0.3, -0.25) is 4.79 Å². The summed E-state index contributed by atoms with van der Waals surface area (Å²) in [5.74, 6) is 1.93. The molecule has 1 heterocycles. The molecule has 0 fully saturated rings. The van der Waals surface area contributed by atoms with Crippen LogP contribution in [0.15, 0.2) is 54.9 Å². The van der Waals surface area contributed by atoms with Gasteiger partial charge in [0.1, 0.15) is 23.4 Å². The number of ether oxygens (including phenoxy) is 2. The highest BCUT2D eigenvalue weighted by atomic mass is 16.5. The Balaban J connectivity index is 1.96. The number of rotatable bonds is 6. The molecule has 6 nitrogen and oxygen atoms in total. The molecule has 0 spiro atoms. The summed E-state index contributed by atoms with van der Waals surface area (Å²) in [6.45, 7) is 1.94. The van der Waals surface area contributed by atoms with Crippen LogP contribution in [0, 0.1) is 6.92 Å². The molecule has 0 saturated heterocycles. The van der Waals surface area contributed by atoms with E-state index in [9.17, 15) is 4.79 Å². The van der Waals surface area contributed by atoms with Crippen LogP contribution < -0.4 is 14.8 Å². The zero-order valence-corrected chi connectivity index (χ0v) is 15.9. The highest BCUT2D eigenvalue weighted by Crippen LogP contribution is 2.25. The van der Waals surface area contributed by atoms with Crippen molar-refractivity contribution in [3.63, 3.8) is 0 Å². The van der Waals surface area contributed by atoms with Crippen molar-refractivity contribution in [1.82, 2.24) is 14.9 Å². The maximum absolute atomic E-state index is 12.9. The molecule has 2 aromatic carbocycles. The van der Waals surface area contributed by atoms with E-state index in [1.165, 1.54) is 0 Å². The first-order valence-electron chi connectivity index (χ1n) is 8.60. The molecule has 27 heavy (non-hydrogen) atoms. The summed E-state index contributed by atoms with van der Waals surface area (Å²) in [7, 11) is 5.11. The van der Waals surface area contributed by atoms with Crippen LogP contribution >= 0.6 is 0 Å². The first kappa shape index (κ1) is 18.5. The van der Waals surface area contributed by atoms with Crippen molar-refractivity contribution in [2.24, 2.45) is 7.05 Å². The Morgan fingerprint density at radius 2 is 1.96 bits per heavy atom. The standard InChI is InChI=1S/C21H23N3O3/c1-14-8-9-16(13-18(14)27-4)21(25)23-19(20-22-10-11-24(20)2)15-6-5-7-17(12-15)26-3/h5-13,19H,1-4H3,(H,23,25). The number of carbonyl (C=O) groups excluding carboxylic acids is 1. The summed E-state index contributed by atoms with van der Waals surface area (Å²) < 4.78 is 12.6. The Labute approximate surface area is 158 Å². The monoisotopic (exact) mass is 365 g/mol. The lowest BCUT2D eigenvalue weighted by molar-refractivity contribution is 0.0940. The minimum Gasteiger partial charge on any atom is -0.497 e. The van der Waals surface area contributed by atoms with Crippen molar-refractivity contribution in [3.05, 3.63) is 77.4 Å². The van der Waals surface area contributed by atoms with E-state index >= 15 is 0 Å². The number of aryl methyl sites for hydroxylation is 2. The van der Waals surface area contributed by atoms with E-state index < -0.39 is 6.04 Å². The van der Waals surface area contributed by atoms with Gasteiger partial charge >= 0.3 is 0 Å². The molecule has 1 amide bonds. The number of aromatic nitrogens is 2. The van der Waals surface area contributed by atoms with Crippen LogP contribution in [0.2, 0.25) is 0 Å². The molecule has 3 aromatic rings. The fourth-order valence-corrected chi connectivity index (χ4v) is 2.95. The van der Waals surface area contributed by atoms with Crippen LogP contribution in [0.25, 0.3) is 0 Å². The molecule has 1 unspecified atom stereocenters. The first-order chi connectivity index (χ1) is 13.0. The molecule has 0 aliphatic heterocycles. The summed E-state index contributed by atoms with van der Waals surface area (Å²) in [6.07, 6.45) is 3.56. The van der Waals surface area contributed by atoms with Crippen LogP contribution in [0.5, 0.6) is 11.5 Å². The molecule has 3 rings (SSSR count). The molecule has 0 radical (unpaired) electrons. The minimum absolute atomic E-state index is 0.205. The van der Waals surface area contributed by atoms with Gasteiger partial charge < -0.3 is 19.4 Å². The molecular weight excluding hydrogens is 342 g/mol. The number of hydrogen-bond donors (Lipinski definition) is 1. The SMILES string of the molecule is COc1cccc(C(NC(=O)c2ccc(C)c(OC)c2)c2nccn2C)c1. The zero-order chi connectivity index (χ0) is 19.4. The molecular formula is C21H23N3O3. The lowest BCUT2D eigenvalue weighted by Crippen LogP contribution is -2.31. The first-order valence-corrected chi connectivity index (χ1v) is 8.60. The Kier molecular flexibility index (Phi) is 5.45. The Morgan fingerprint density at radius 1 is 1.15 bits per heavy atom. The second-order valence-electron chi connectivity index (χ2n) is 6.26. The lowest BCUT2D eigenvalue weighted by Gasteiger charge is -2.20. The molecule has 1 aromatic heterocycles. The highest BCUT2D eigenvalue weighted by Gasteiger charge is 2.22. The number of benzene rings is 2. The number of hydrogen-bond acceptors (Lipinski definition) is 4. The molecule has 6 heteroatoms. The molecule has 140 valence electrons. The van der Waals surface area contributed by atoms with Gasteiger partial charge in [0.05, 0.1) is 14.2 Å². The topological polar surface area (TPSA) is 65.4 Å². The van der Waals surface area contributed by atoms with Crippen LogP contribution in [-0.2, 0) is 7.05 Å². The molecule has 0 bridgehead atoms. The smallest absolute Gasteiger partial charge is 0.252 e. The predicted molar refractivity (Wildman–Crippen MR) is 103 cm³/mol. The third-order valence-electron chi connectivity index (χ3n) is 4.49. The van der Waals surface area contributed by atoms with Gasteiger partial charge in [-0.05, 0) is 42.3 Å². The molecule has 0 aliphatic rings. The van der Waals surface area contributed by atoms with Gasteiger partial charge in [-0.1, -0.05) is 18.2 Å². The second-order valence-corrected chi connectivity index (χ2v) is 6.26. The van der Waals surface area contributed by atoms with Crippen molar-refractivity contribution in [1.29, 1.82) is 0 Å². The fraction of sp³-hybridized carbons (Fsp3) is 0.238. The van der Waals surface area contributed by atoms with Crippen molar-refractivity contribution >= 4 is 5.91 Å². The van der Waals surface area contributed by atoms with E-state index in [-0.39, 0.29) is 5.91 Å². The third kappa shape index (κ3) is 3.95. The van der Waals surface area contributed by atoms with E-state index in [2.05, 4.69) is 10.3 Å². The number of carbonyl (C=O) groups is 1. The Bertz CT molecular complexity index is 949. The van der Waals surface area contributed by atoms with Crippen LogP contribution in [0.1, 0.15) is 33.4 Å². The summed E-state index contributed by atoms with van der Waals surface area (Å²) in [4.78, 5) is 17.4. The Hall–Kier alpha value is -3.28. The van der Waals surface area contributed by atoms with Gasteiger partial charge in [0.2, 0.25) is 0 Å². The number of methoxy groups -OCH3 is 2. The number of amides is 1. The van der Waals surface area contributed by atoms with Crippen LogP contribution in [0.3, 0.4) is 0 Å². The number of imidazole rings is 1. The summed E-state index contributed by atoms with van der Waals surface area (Å²) >= 11 is 0. The second kappa shape index (κ2) is 7.95. The lowest BCUT2D eigenvalue weighted by atomic mass is 10.0.